The van der Waals surface area contributed by atoms with Crippen molar-refractivity contribution in [2.24, 2.45) is 5.92 Å². The predicted octanol–water partition coefficient (Wildman–Crippen LogP) is 2.20. The van der Waals surface area contributed by atoms with Gasteiger partial charge >= 0.3 is 0 Å². The molecule has 1 unspecified atom stereocenters. The van der Waals surface area contributed by atoms with E-state index < -0.39 is 0 Å². The Labute approximate surface area is 64.5 Å². The van der Waals surface area contributed by atoms with Crippen LogP contribution in [0.5, 0.6) is 0 Å². The highest BCUT2D eigenvalue weighted by Crippen LogP contribution is 2.07. The number of nitrogens with one attached hydrogen (secondary N) is 1. The van der Waals surface area contributed by atoms with Crippen molar-refractivity contribution in [3.63, 3.8) is 0 Å². The zero-order valence-electron chi connectivity index (χ0n) is 7.52. The fourth-order valence-corrected chi connectivity index (χ4v) is 0.839. The van der Waals surface area contributed by atoms with Crippen LogP contribution in [-0.2, 0) is 0 Å². The minimum absolute atomic E-state index is 0.621. The van der Waals surface area contributed by atoms with E-state index in [1.807, 2.05) is 7.05 Å². The quantitative estimate of drug-likeness (QED) is 0.592. The lowest BCUT2D eigenvalue weighted by atomic mass is 10.00. The van der Waals surface area contributed by atoms with Crippen LogP contribution in [0.2, 0.25) is 0 Å². The van der Waals surface area contributed by atoms with E-state index in [-0.39, 0.29) is 0 Å². The van der Waals surface area contributed by atoms with Crippen LogP contribution in [0.1, 0.15) is 27.2 Å². The third-order valence-electron chi connectivity index (χ3n) is 2.05. The van der Waals surface area contributed by atoms with Gasteiger partial charge < -0.3 is 5.32 Å². The van der Waals surface area contributed by atoms with Gasteiger partial charge in [0.15, 0.2) is 0 Å². The molecule has 0 fully saturated rings. The van der Waals surface area contributed by atoms with Crippen molar-refractivity contribution in [2.75, 3.05) is 7.05 Å². The number of hydrogen-bond acceptors (Lipinski definition) is 1. The van der Waals surface area contributed by atoms with Crippen LogP contribution in [0.3, 0.4) is 0 Å². The molecule has 0 aromatic carbocycles. The minimum Gasteiger partial charge on any atom is -0.317 e. The summed E-state index contributed by atoms with van der Waals surface area (Å²) in [7, 11) is 2.01. The topological polar surface area (TPSA) is 12.0 Å². The molecule has 0 aliphatic carbocycles. The van der Waals surface area contributed by atoms with E-state index in [1.54, 1.807) is 0 Å². The molecule has 1 N–H and O–H groups in total. The standard InChI is InChI=1S/C9H19N/c1-5-6-7-8(2)9(3)10-4/h5-6,8-10H,7H2,1-4H3/b6-5-/t8?,9-/m1/s1. The first-order chi connectivity index (χ1) is 4.72. The second-order valence-electron chi connectivity index (χ2n) is 2.86. The van der Waals surface area contributed by atoms with E-state index >= 15 is 0 Å². The van der Waals surface area contributed by atoms with E-state index in [9.17, 15) is 0 Å². The minimum atomic E-state index is 0.621. The summed E-state index contributed by atoms with van der Waals surface area (Å²) < 4.78 is 0. The smallest absolute Gasteiger partial charge is 0.00643 e. The number of hydrogen-bond donors (Lipinski definition) is 1. The molecule has 1 heteroatoms. The SMILES string of the molecule is C/C=C\CC(C)[C@@H](C)NC. The largest absolute Gasteiger partial charge is 0.317 e. The summed E-state index contributed by atoms with van der Waals surface area (Å²) in [5, 5.41) is 3.24. The van der Waals surface area contributed by atoms with Crippen LogP contribution in [0.4, 0.5) is 0 Å². The van der Waals surface area contributed by atoms with E-state index in [0.717, 1.165) is 5.92 Å². The molecule has 0 aliphatic heterocycles. The van der Waals surface area contributed by atoms with Gasteiger partial charge in [-0.15, -0.1) is 0 Å². The number of rotatable bonds is 4. The summed E-state index contributed by atoms with van der Waals surface area (Å²) in [6, 6.07) is 0.621. The average Bonchev–Trinajstić information content (AvgIpc) is 1.98. The average molecular weight is 141 g/mol. The van der Waals surface area contributed by atoms with E-state index in [4.69, 9.17) is 0 Å². The molecular weight excluding hydrogens is 122 g/mol. The molecule has 0 amide bonds. The van der Waals surface area contributed by atoms with Crippen LogP contribution >= 0.6 is 0 Å². The summed E-state index contributed by atoms with van der Waals surface area (Å²) in [6.07, 6.45) is 5.51. The van der Waals surface area contributed by atoms with Gasteiger partial charge in [-0.25, -0.2) is 0 Å². The highest BCUT2D eigenvalue weighted by molar-refractivity contribution is 4.81. The first-order valence-electron chi connectivity index (χ1n) is 4.00. The van der Waals surface area contributed by atoms with Gasteiger partial charge in [-0.05, 0) is 33.2 Å². The first kappa shape index (κ1) is 9.70. The van der Waals surface area contributed by atoms with Gasteiger partial charge in [0.25, 0.3) is 0 Å². The van der Waals surface area contributed by atoms with Crippen molar-refractivity contribution in [1.29, 1.82) is 0 Å². The van der Waals surface area contributed by atoms with Crippen LogP contribution in [0.15, 0.2) is 12.2 Å². The van der Waals surface area contributed by atoms with Gasteiger partial charge in [-0.2, -0.15) is 0 Å². The van der Waals surface area contributed by atoms with Gasteiger partial charge in [-0.1, -0.05) is 19.1 Å². The Balaban J connectivity index is 3.50. The highest BCUT2D eigenvalue weighted by Gasteiger charge is 2.06. The Hall–Kier alpha value is -0.300. The Bertz CT molecular complexity index is 96.9. The Morgan fingerprint density at radius 1 is 1.40 bits per heavy atom. The molecule has 0 radical (unpaired) electrons. The number of allylic oxidation sites excluding steroid dienone is 2. The Morgan fingerprint density at radius 3 is 2.40 bits per heavy atom. The van der Waals surface area contributed by atoms with Gasteiger partial charge in [0, 0.05) is 6.04 Å². The van der Waals surface area contributed by atoms with Gasteiger partial charge in [0.05, 0.1) is 0 Å². The third kappa shape index (κ3) is 3.67. The lowest BCUT2D eigenvalue weighted by Crippen LogP contribution is -2.28. The van der Waals surface area contributed by atoms with Crippen LogP contribution in [0.25, 0.3) is 0 Å². The molecule has 2 atom stereocenters. The van der Waals surface area contributed by atoms with Gasteiger partial charge in [0.1, 0.15) is 0 Å². The molecule has 60 valence electrons. The summed E-state index contributed by atoms with van der Waals surface area (Å²) in [6.45, 7) is 6.55. The van der Waals surface area contributed by atoms with Crippen molar-refractivity contribution in [3.8, 4) is 0 Å². The van der Waals surface area contributed by atoms with Crippen molar-refractivity contribution in [3.05, 3.63) is 12.2 Å². The normalized spacial score (nSPS) is 17.6. The van der Waals surface area contributed by atoms with E-state index in [1.165, 1.54) is 6.42 Å². The highest BCUT2D eigenvalue weighted by atomic mass is 14.9. The molecule has 0 aromatic rings. The van der Waals surface area contributed by atoms with E-state index in [2.05, 4.69) is 38.2 Å². The molecule has 0 spiro atoms. The molecule has 0 aromatic heterocycles. The zero-order valence-corrected chi connectivity index (χ0v) is 7.52. The van der Waals surface area contributed by atoms with Crippen molar-refractivity contribution >= 4 is 0 Å². The Morgan fingerprint density at radius 2 is 2.00 bits per heavy atom. The van der Waals surface area contributed by atoms with Gasteiger partial charge in [0.2, 0.25) is 0 Å². The third-order valence-corrected chi connectivity index (χ3v) is 2.05. The fourth-order valence-electron chi connectivity index (χ4n) is 0.839. The monoisotopic (exact) mass is 141 g/mol. The van der Waals surface area contributed by atoms with E-state index in [0.29, 0.717) is 6.04 Å². The molecule has 0 aliphatic rings. The second kappa shape index (κ2) is 5.48. The fraction of sp³-hybridized carbons (Fsp3) is 0.778. The molecule has 0 rings (SSSR count). The maximum absolute atomic E-state index is 3.24. The molecule has 0 saturated heterocycles. The summed E-state index contributed by atoms with van der Waals surface area (Å²) in [5.41, 5.74) is 0. The summed E-state index contributed by atoms with van der Waals surface area (Å²) in [4.78, 5) is 0. The lowest BCUT2D eigenvalue weighted by molar-refractivity contribution is 0.430. The maximum Gasteiger partial charge on any atom is 0.00643 e. The first-order valence-corrected chi connectivity index (χ1v) is 4.00. The summed E-state index contributed by atoms with van der Waals surface area (Å²) in [5.74, 6) is 0.737. The predicted molar refractivity (Wildman–Crippen MR) is 47.1 cm³/mol. The maximum atomic E-state index is 3.24. The van der Waals surface area contributed by atoms with Crippen LogP contribution in [-0.4, -0.2) is 13.1 Å². The Kier molecular flexibility index (Phi) is 5.32. The van der Waals surface area contributed by atoms with Gasteiger partial charge in [-0.3, -0.25) is 0 Å². The van der Waals surface area contributed by atoms with Crippen LogP contribution < -0.4 is 5.32 Å². The molecular formula is C9H19N. The second-order valence-corrected chi connectivity index (χ2v) is 2.86. The molecule has 0 bridgehead atoms. The van der Waals surface area contributed by atoms with Crippen molar-refractivity contribution in [2.45, 2.75) is 33.2 Å². The van der Waals surface area contributed by atoms with Crippen molar-refractivity contribution < 1.29 is 0 Å². The molecule has 0 saturated carbocycles. The lowest BCUT2D eigenvalue weighted by Gasteiger charge is -2.16. The molecule has 1 nitrogen and oxygen atoms in total. The molecule has 10 heavy (non-hydrogen) atoms. The zero-order chi connectivity index (χ0) is 7.98. The van der Waals surface area contributed by atoms with Crippen molar-refractivity contribution in [1.82, 2.24) is 5.32 Å². The van der Waals surface area contributed by atoms with Crippen LogP contribution in [0, 0.1) is 5.92 Å². The molecule has 0 heterocycles. The summed E-state index contributed by atoms with van der Waals surface area (Å²) >= 11 is 0.